The third-order valence-electron chi connectivity index (χ3n) is 6.53. The van der Waals surface area contributed by atoms with Gasteiger partial charge in [0.05, 0.1) is 18.5 Å². The zero-order valence-corrected chi connectivity index (χ0v) is 15.8. The van der Waals surface area contributed by atoms with Crippen molar-refractivity contribution >= 4 is 11.8 Å². The lowest BCUT2D eigenvalue weighted by Crippen LogP contribution is -2.61. The molecule has 1 aliphatic heterocycles. The molecule has 1 saturated heterocycles. The predicted molar refractivity (Wildman–Crippen MR) is 96.1 cm³/mol. The Morgan fingerprint density at radius 1 is 1.23 bits per heavy atom. The fraction of sp³-hybridized carbons (Fsp3) is 0.600. The molecule has 0 aromatic heterocycles. The average Bonchev–Trinajstić information content (AvgIpc) is 2.81. The Bertz CT molecular complexity index is 715. The van der Waals surface area contributed by atoms with Crippen molar-refractivity contribution < 1.29 is 18.7 Å². The van der Waals surface area contributed by atoms with Crippen LogP contribution in [-0.2, 0) is 9.59 Å². The number of nitrogens with zero attached hydrogens (tertiary/aromatic N) is 1. The molecule has 0 spiro atoms. The number of para-hydroxylation sites is 1. The van der Waals surface area contributed by atoms with Crippen molar-refractivity contribution in [1.29, 1.82) is 0 Å². The molecule has 2 atom stereocenters. The second-order valence-corrected chi connectivity index (χ2v) is 8.14. The standard InChI is InChI=1S/C20H27FN2O3/c1-19(2)14(17(24)22-4)9-10-20(19,3)18(25)23-11-13(12-23)26-16-8-6-5-7-15(16)21/h5-8,13-14H,9-12H2,1-4H3,(H,22,24)/t14-,20+/m1/s1. The molecule has 2 fully saturated rings. The molecule has 6 heteroatoms. The van der Waals surface area contributed by atoms with Gasteiger partial charge < -0.3 is 15.0 Å². The minimum atomic E-state index is -0.590. The fourth-order valence-electron chi connectivity index (χ4n) is 4.26. The van der Waals surface area contributed by atoms with Crippen molar-refractivity contribution in [3.05, 3.63) is 30.1 Å². The van der Waals surface area contributed by atoms with E-state index >= 15 is 0 Å². The summed E-state index contributed by atoms with van der Waals surface area (Å²) in [4.78, 5) is 27.1. The van der Waals surface area contributed by atoms with Gasteiger partial charge in [-0.1, -0.05) is 32.9 Å². The summed E-state index contributed by atoms with van der Waals surface area (Å²) in [7, 11) is 1.63. The number of carbonyl (C=O) groups is 2. The highest BCUT2D eigenvalue weighted by Gasteiger charge is 2.59. The number of nitrogens with one attached hydrogen (secondary N) is 1. The molecule has 1 aromatic carbocycles. The Hall–Kier alpha value is -2.11. The number of likely N-dealkylation sites (tertiary alicyclic amines) is 1. The molecule has 0 unspecified atom stereocenters. The van der Waals surface area contributed by atoms with E-state index < -0.39 is 16.6 Å². The number of carbonyl (C=O) groups excluding carboxylic acids is 2. The van der Waals surface area contributed by atoms with Gasteiger partial charge in [0.2, 0.25) is 11.8 Å². The van der Waals surface area contributed by atoms with Crippen molar-refractivity contribution in [1.82, 2.24) is 10.2 Å². The van der Waals surface area contributed by atoms with Gasteiger partial charge in [0.25, 0.3) is 0 Å². The molecule has 2 amide bonds. The Balaban J connectivity index is 1.64. The summed E-state index contributed by atoms with van der Waals surface area (Å²) in [5, 5.41) is 2.72. The van der Waals surface area contributed by atoms with Gasteiger partial charge in [0.15, 0.2) is 11.6 Å². The predicted octanol–water partition coefficient (Wildman–Crippen LogP) is 2.60. The number of ether oxygens (including phenoxy) is 1. The molecule has 1 heterocycles. The van der Waals surface area contributed by atoms with Gasteiger partial charge in [0.1, 0.15) is 6.10 Å². The third kappa shape index (κ3) is 2.85. The maximum Gasteiger partial charge on any atom is 0.229 e. The van der Waals surface area contributed by atoms with Gasteiger partial charge in [-0.2, -0.15) is 0 Å². The molecule has 1 aromatic rings. The zero-order chi connectivity index (χ0) is 19.1. The van der Waals surface area contributed by atoms with E-state index in [1.54, 1.807) is 30.1 Å². The second-order valence-electron chi connectivity index (χ2n) is 8.14. The van der Waals surface area contributed by atoms with Gasteiger partial charge >= 0.3 is 0 Å². The largest absolute Gasteiger partial charge is 0.484 e. The summed E-state index contributed by atoms with van der Waals surface area (Å²) < 4.78 is 19.3. The molecule has 5 nitrogen and oxygen atoms in total. The monoisotopic (exact) mass is 362 g/mol. The van der Waals surface area contributed by atoms with Crippen LogP contribution in [0.2, 0.25) is 0 Å². The number of rotatable bonds is 4. The quantitative estimate of drug-likeness (QED) is 0.896. The number of amides is 2. The highest BCUT2D eigenvalue weighted by molar-refractivity contribution is 5.87. The summed E-state index contributed by atoms with van der Waals surface area (Å²) in [5.74, 6) is -0.294. The molecule has 142 valence electrons. The first kappa shape index (κ1) is 18.7. The van der Waals surface area contributed by atoms with E-state index in [0.29, 0.717) is 25.9 Å². The number of hydrogen-bond acceptors (Lipinski definition) is 3. The van der Waals surface area contributed by atoms with Gasteiger partial charge in [0, 0.05) is 13.0 Å². The smallest absolute Gasteiger partial charge is 0.229 e. The van der Waals surface area contributed by atoms with Crippen LogP contribution in [0.4, 0.5) is 4.39 Å². The van der Waals surface area contributed by atoms with Crippen LogP contribution in [0.15, 0.2) is 24.3 Å². The molecule has 0 bridgehead atoms. The third-order valence-corrected chi connectivity index (χ3v) is 6.53. The zero-order valence-electron chi connectivity index (χ0n) is 15.8. The number of benzene rings is 1. The lowest BCUT2D eigenvalue weighted by atomic mass is 9.64. The molecule has 0 radical (unpaired) electrons. The van der Waals surface area contributed by atoms with Crippen LogP contribution in [0, 0.1) is 22.6 Å². The minimum absolute atomic E-state index is 0.00380. The second kappa shape index (κ2) is 6.56. The summed E-state index contributed by atoms with van der Waals surface area (Å²) in [6, 6.07) is 6.29. The normalized spacial score (nSPS) is 27.7. The lowest BCUT2D eigenvalue weighted by Gasteiger charge is -2.47. The Morgan fingerprint density at radius 2 is 1.88 bits per heavy atom. The van der Waals surface area contributed by atoms with Gasteiger partial charge in [-0.3, -0.25) is 9.59 Å². The van der Waals surface area contributed by atoms with E-state index in [1.807, 2.05) is 20.8 Å². The van der Waals surface area contributed by atoms with Crippen molar-refractivity contribution in [3.63, 3.8) is 0 Å². The summed E-state index contributed by atoms with van der Waals surface area (Å²) in [5.41, 5.74) is -1.02. The van der Waals surface area contributed by atoms with Crippen LogP contribution in [-0.4, -0.2) is 43.0 Å². The molecule has 26 heavy (non-hydrogen) atoms. The topological polar surface area (TPSA) is 58.6 Å². The number of halogens is 1. The van der Waals surface area contributed by atoms with Crippen LogP contribution >= 0.6 is 0 Å². The lowest BCUT2D eigenvalue weighted by molar-refractivity contribution is -0.157. The van der Waals surface area contributed by atoms with E-state index in [1.165, 1.54) is 6.07 Å². The first-order valence-electron chi connectivity index (χ1n) is 9.13. The summed E-state index contributed by atoms with van der Waals surface area (Å²) in [6.07, 6.45) is 1.20. The molecular formula is C20H27FN2O3. The first-order chi connectivity index (χ1) is 12.2. The van der Waals surface area contributed by atoms with Crippen LogP contribution in [0.25, 0.3) is 0 Å². The van der Waals surface area contributed by atoms with Crippen LogP contribution in [0.5, 0.6) is 5.75 Å². The SMILES string of the molecule is CNC(=O)[C@H]1CC[C@@](C)(C(=O)N2CC(Oc3ccccc3F)C2)C1(C)C. The van der Waals surface area contributed by atoms with Gasteiger partial charge in [-0.15, -0.1) is 0 Å². The average molecular weight is 362 g/mol. The molecular weight excluding hydrogens is 335 g/mol. The van der Waals surface area contributed by atoms with Gasteiger partial charge in [-0.25, -0.2) is 4.39 Å². The van der Waals surface area contributed by atoms with E-state index in [4.69, 9.17) is 4.74 Å². The van der Waals surface area contributed by atoms with Crippen molar-refractivity contribution in [2.45, 2.75) is 39.7 Å². The maximum atomic E-state index is 13.7. The van der Waals surface area contributed by atoms with E-state index in [2.05, 4.69) is 5.32 Å². The molecule has 2 aliphatic rings. The van der Waals surface area contributed by atoms with E-state index in [-0.39, 0.29) is 29.6 Å². The Kier molecular flexibility index (Phi) is 4.71. The molecule has 3 rings (SSSR count). The molecule has 1 N–H and O–H groups in total. The Morgan fingerprint density at radius 3 is 2.50 bits per heavy atom. The number of hydrogen-bond donors (Lipinski definition) is 1. The van der Waals surface area contributed by atoms with Crippen LogP contribution in [0.1, 0.15) is 33.6 Å². The van der Waals surface area contributed by atoms with Crippen LogP contribution < -0.4 is 10.1 Å². The van der Waals surface area contributed by atoms with E-state index in [0.717, 1.165) is 0 Å². The molecule has 1 aliphatic carbocycles. The van der Waals surface area contributed by atoms with Crippen molar-refractivity contribution in [2.75, 3.05) is 20.1 Å². The van der Waals surface area contributed by atoms with Crippen LogP contribution in [0.3, 0.4) is 0 Å². The molecule has 1 saturated carbocycles. The fourth-order valence-corrected chi connectivity index (χ4v) is 4.26. The maximum absolute atomic E-state index is 13.7. The minimum Gasteiger partial charge on any atom is -0.484 e. The van der Waals surface area contributed by atoms with Gasteiger partial charge in [-0.05, 0) is 30.4 Å². The summed E-state index contributed by atoms with van der Waals surface area (Å²) >= 11 is 0. The van der Waals surface area contributed by atoms with E-state index in [9.17, 15) is 14.0 Å². The highest BCUT2D eigenvalue weighted by atomic mass is 19.1. The van der Waals surface area contributed by atoms with Crippen molar-refractivity contribution in [2.24, 2.45) is 16.7 Å². The Labute approximate surface area is 153 Å². The summed E-state index contributed by atoms with van der Waals surface area (Å²) in [6.45, 7) is 6.87. The van der Waals surface area contributed by atoms with Crippen molar-refractivity contribution in [3.8, 4) is 5.75 Å². The first-order valence-corrected chi connectivity index (χ1v) is 9.13. The highest BCUT2D eigenvalue weighted by Crippen LogP contribution is 2.57.